The lowest BCUT2D eigenvalue weighted by Gasteiger charge is -2.30. The topological polar surface area (TPSA) is 52.0 Å². The molecule has 1 heterocycles. The van der Waals surface area contributed by atoms with E-state index >= 15 is 0 Å². The van der Waals surface area contributed by atoms with Crippen LogP contribution in [0.15, 0.2) is 16.5 Å². The second-order valence-electron chi connectivity index (χ2n) is 5.43. The van der Waals surface area contributed by atoms with Crippen LogP contribution in [0.25, 0.3) is 11.1 Å². The average molecular weight is 319 g/mol. The molecular weight excluding hydrogens is 305 g/mol. The van der Waals surface area contributed by atoms with Crippen LogP contribution in [0.5, 0.6) is 0 Å². The van der Waals surface area contributed by atoms with E-state index in [0.717, 1.165) is 6.42 Å². The number of aromatic nitrogens is 1. The van der Waals surface area contributed by atoms with Crippen LogP contribution in [0.1, 0.15) is 37.5 Å². The molecule has 0 spiro atoms. The van der Waals surface area contributed by atoms with E-state index in [4.69, 9.17) is 21.8 Å². The molecule has 1 aromatic carbocycles. The third-order valence-electron chi connectivity index (χ3n) is 4.03. The molecule has 0 amide bonds. The number of alkyl halides is 3. The Morgan fingerprint density at radius 1 is 1.24 bits per heavy atom. The molecule has 1 aliphatic carbocycles. The van der Waals surface area contributed by atoms with E-state index in [-0.39, 0.29) is 12.3 Å². The Bertz CT molecular complexity index is 629. The SMILES string of the molecule is Nc1cc2oc(C3CCCCC3C(F)(F)F)nc2cc1Cl. The summed E-state index contributed by atoms with van der Waals surface area (Å²) in [5.74, 6) is -1.99. The smallest absolute Gasteiger partial charge is 0.392 e. The summed E-state index contributed by atoms with van der Waals surface area (Å²) in [6, 6.07) is 3.02. The number of hydrogen-bond acceptors (Lipinski definition) is 3. The lowest BCUT2D eigenvalue weighted by atomic mass is 9.78. The van der Waals surface area contributed by atoms with Crippen LogP contribution >= 0.6 is 11.6 Å². The highest BCUT2D eigenvalue weighted by Crippen LogP contribution is 2.46. The van der Waals surface area contributed by atoms with Crippen molar-refractivity contribution in [2.45, 2.75) is 37.8 Å². The molecule has 7 heteroatoms. The van der Waals surface area contributed by atoms with E-state index < -0.39 is 18.0 Å². The predicted molar refractivity (Wildman–Crippen MR) is 74.2 cm³/mol. The number of anilines is 1. The van der Waals surface area contributed by atoms with Crippen molar-refractivity contribution in [3.8, 4) is 0 Å². The lowest BCUT2D eigenvalue weighted by molar-refractivity contribution is -0.188. The van der Waals surface area contributed by atoms with Crippen LogP contribution in [0.4, 0.5) is 18.9 Å². The second kappa shape index (κ2) is 5.09. The third kappa shape index (κ3) is 2.69. The van der Waals surface area contributed by atoms with Gasteiger partial charge in [-0.1, -0.05) is 24.4 Å². The molecule has 114 valence electrons. The highest BCUT2D eigenvalue weighted by atomic mass is 35.5. The molecule has 21 heavy (non-hydrogen) atoms. The molecule has 1 fully saturated rings. The van der Waals surface area contributed by atoms with Crippen molar-refractivity contribution in [1.29, 1.82) is 0 Å². The molecule has 1 aromatic heterocycles. The molecule has 1 aliphatic rings. The number of benzene rings is 1. The van der Waals surface area contributed by atoms with Gasteiger partial charge in [-0.3, -0.25) is 0 Å². The van der Waals surface area contributed by atoms with Crippen molar-refractivity contribution in [2.75, 3.05) is 5.73 Å². The van der Waals surface area contributed by atoms with E-state index in [2.05, 4.69) is 4.98 Å². The van der Waals surface area contributed by atoms with Gasteiger partial charge in [0.1, 0.15) is 5.52 Å². The molecule has 0 radical (unpaired) electrons. The number of oxazole rings is 1. The molecule has 2 unspecified atom stereocenters. The van der Waals surface area contributed by atoms with Gasteiger partial charge in [0, 0.05) is 12.0 Å². The van der Waals surface area contributed by atoms with Gasteiger partial charge in [0.15, 0.2) is 11.5 Å². The zero-order valence-corrected chi connectivity index (χ0v) is 11.8. The Balaban J connectivity index is 2.01. The van der Waals surface area contributed by atoms with E-state index in [1.165, 1.54) is 12.1 Å². The first-order valence-corrected chi connectivity index (χ1v) is 7.16. The largest absolute Gasteiger partial charge is 0.440 e. The number of rotatable bonds is 1. The quantitative estimate of drug-likeness (QED) is 0.761. The van der Waals surface area contributed by atoms with Gasteiger partial charge < -0.3 is 10.2 Å². The molecule has 3 nitrogen and oxygen atoms in total. The molecule has 0 aliphatic heterocycles. The van der Waals surface area contributed by atoms with Gasteiger partial charge in [-0.25, -0.2) is 4.98 Å². The minimum Gasteiger partial charge on any atom is -0.440 e. The first-order valence-electron chi connectivity index (χ1n) is 6.78. The molecule has 2 N–H and O–H groups in total. The minimum absolute atomic E-state index is 0.121. The Hall–Kier alpha value is -1.43. The first kappa shape index (κ1) is 14.5. The summed E-state index contributed by atoms with van der Waals surface area (Å²) in [6.45, 7) is 0. The monoisotopic (exact) mass is 318 g/mol. The van der Waals surface area contributed by atoms with Crippen LogP contribution in [0.2, 0.25) is 5.02 Å². The van der Waals surface area contributed by atoms with Crippen LogP contribution < -0.4 is 5.73 Å². The fourth-order valence-corrected chi connectivity index (χ4v) is 3.12. The number of halogens is 4. The van der Waals surface area contributed by atoms with Crippen molar-refractivity contribution in [3.05, 3.63) is 23.0 Å². The Morgan fingerprint density at radius 3 is 2.67 bits per heavy atom. The summed E-state index contributed by atoms with van der Waals surface area (Å²) in [6.07, 6.45) is -2.35. The molecule has 1 saturated carbocycles. The zero-order valence-electron chi connectivity index (χ0n) is 11.1. The molecular formula is C14H14ClF3N2O. The Kier molecular flexibility index (Phi) is 3.51. The number of nitrogens with two attached hydrogens (primary N) is 1. The van der Waals surface area contributed by atoms with Crippen LogP contribution in [0.3, 0.4) is 0 Å². The van der Waals surface area contributed by atoms with Crippen LogP contribution in [-0.4, -0.2) is 11.2 Å². The van der Waals surface area contributed by atoms with Crippen LogP contribution in [-0.2, 0) is 0 Å². The summed E-state index contributed by atoms with van der Waals surface area (Å²) in [5, 5.41) is 0.318. The van der Waals surface area contributed by atoms with Crippen molar-refractivity contribution in [1.82, 2.24) is 4.98 Å². The van der Waals surface area contributed by atoms with Gasteiger partial charge in [-0.15, -0.1) is 0 Å². The molecule has 2 atom stereocenters. The normalized spacial score (nSPS) is 23.6. The van der Waals surface area contributed by atoms with E-state index in [1.54, 1.807) is 0 Å². The average Bonchev–Trinajstić information content (AvgIpc) is 2.81. The summed E-state index contributed by atoms with van der Waals surface area (Å²) < 4.78 is 45.0. The molecule has 0 saturated heterocycles. The lowest BCUT2D eigenvalue weighted by Crippen LogP contribution is -2.31. The Labute approximate surface area is 124 Å². The maximum absolute atomic E-state index is 13.2. The molecule has 3 rings (SSSR count). The molecule has 0 bridgehead atoms. The summed E-state index contributed by atoms with van der Waals surface area (Å²) in [4.78, 5) is 4.20. The van der Waals surface area contributed by atoms with Crippen molar-refractivity contribution < 1.29 is 17.6 Å². The number of fused-ring (bicyclic) bond motifs is 1. The first-order chi connectivity index (χ1) is 9.86. The van der Waals surface area contributed by atoms with E-state index in [0.29, 0.717) is 34.7 Å². The second-order valence-corrected chi connectivity index (χ2v) is 5.84. The maximum Gasteiger partial charge on any atom is 0.392 e. The van der Waals surface area contributed by atoms with Gasteiger partial charge in [0.25, 0.3) is 0 Å². The van der Waals surface area contributed by atoms with Gasteiger partial charge >= 0.3 is 6.18 Å². The summed E-state index contributed by atoms with van der Waals surface area (Å²) in [5.41, 5.74) is 6.81. The predicted octanol–water partition coefficient (Wildman–Crippen LogP) is 4.90. The highest BCUT2D eigenvalue weighted by molar-refractivity contribution is 6.33. The van der Waals surface area contributed by atoms with Gasteiger partial charge in [0.2, 0.25) is 0 Å². The number of nitrogens with zero attached hydrogens (tertiary/aromatic N) is 1. The fraction of sp³-hybridized carbons (Fsp3) is 0.500. The number of hydrogen-bond donors (Lipinski definition) is 1. The molecule has 2 aromatic rings. The van der Waals surface area contributed by atoms with Gasteiger partial charge in [0.05, 0.1) is 16.6 Å². The minimum atomic E-state index is -4.23. The zero-order chi connectivity index (χ0) is 15.2. The fourth-order valence-electron chi connectivity index (χ4n) is 2.96. The van der Waals surface area contributed by atoms with E-state index in [1.807, 2.05) is 0 Å². The number of nitrogen functional groups attached to an aromatic ring is 1. The van der Waals surface area contributed by atoms with Crippen molar-refractivity contribution >= 4 is 28.4 Å². The van der Waals surface area contributed by atoms with Gasteiger partial charge in [-0.05, 0) is 18.9 Å². The van der Waals surface area contributed by atoms with E-state index in [9.17, 15) is 13.2 Å². The Morgan fingerprint density at radius 2 is 1.95 bits per heavy atom. The summed E-state index contributed by atoms with van der Waals surface area (Å²) in [7, 11) is 0. The maximum atomic E-state index is 13.2. The highest BCUT2D eigenvalue weighted by Gasteiger charge is 2.47. The van der Waals surface area contributed by atoms with Crippen LogP contribution in [0, 0.1) is 5.92 Å². The summed E-state index contributed by atoms with van der Waals surface area (Å²) >= 11 is 5.90. The third-order valence-corrected chi connectivity index (χ3v) is 4.35. The standard InChI is InChI=1S/C14H14ClF3N2O/c15-9-5-11-12(6-10(9)19)21-13(20-11)7-3-1-2-4-8(7)14(16,17)18/h5-8H,1-4,19H2. The van der Waals surface area contributed by atoms with Gasteiger partial charge in [-0.2, -0.15) is 13.2 Å². The van der Waals surface area contributed by atoms with Crippen molar-refractivity contribution in [3.63, 3.8) is 0 Å². The van der Waals surface area contributed by atoms with Crippen molar-refractivity contribution in [2.24, 2.45) is 5.92 Å².